The first-order valence-electron chi connectivity index (χ1n) is 10.5. The SMILES string of the molecule is Brc1c(C[As+](c2ccccc2)(c2ccccc2)c2ccccc2)ccc2ccccc12.[Br-]. The van der Waals surface area contributed by atoms with Crippen LogP contribution in [0.5, 0.6) is 0 Å². The Morgan fingerprint density at radius 2 is 0.938 bits per heavy atom. The van der Waals surface area contributed by atoms with E-state index >= 15 is 0 Å². The normalized spacial score (nSPS) is 11.2. The maximum Gasteiger partial charge on any atom is -1.00 e. The Balaban J connectivity index is 0.00000245. The van der Waals surface area contributed by atoms with Crippen molar-refractivity contribution in [3.8, 4) is 0 Å². The maximum absolute atomic E-state index is 3.98. The fourth-order valence-electron chi connectivity index (χ4n) is 4.42. The van der Waals surface area contributed by atoms with Crippen LogP contribution < -0.4 is 30.0 Å². The van der Waals surface area contributed by atoms with Crippen molar-refractivity contribution in [3.63, 3.8) is 0 Å². The molecule has 0 spiro atoms. The van der Waals surface area contributed by atoms with Gasteiger partial charge in [0.1, 0.15) is 0 Å². The first-order chi connectivity index (χ1) is 15.3. The molecule has 5 rings (SSSR count). The van der Waals surface area contributed by atoms with E-state index < -0.39 is 13.6 Å². The van der Waals surface area contributed by atoms with Crippen LogP contribution in [0.2, 0.25) is 0 Å². The minimum Gasteiger partial charge on any atom is -1.00 e. The molecule has 158 valence electrons. The van der Waals surface area contributed by atoms with Crippen LogP contribution in [0.15, 0.2) is 132 Å². The van der Waals surface area contributed by atoms with Crippen LogP contribution in [-0.4, -0.2) is 13.6 Å². The summed E-state index contributed by atoms with van der Waals surface area (Å²) in [7, 11) is 0. The predicted molar refractivity (Wildman–Crippen MR) is 139 cm³/mol. The maximum atomic E-state index is 3.98. The monoisotopic (exact) mass is 604 g/mol. The quantitative estimate of drug-likeness (QED) is 0.271. The first kappa shape index (κ1) is 23.1. The van der Waals surface area contributed by atoms with Gasteiger partial charge in [0.25, 0.3) is 0 Å². The summed E-state index contributed by atoms with van der Waals surface area (Å²) in [4.78, 5) is 0. The van der Waals surface area contributed by atoms with Gasteiger partial charge in [0.2, 0.25) is 0 Å². The van der Waals surface area contributed by atoms with E-state index in [2.05, 4.69) is 143 Å². The Morgan fingerprint density at radius 3 is 1.44 bits per heavy atom. The van der Waals surface area contributed by atoms with Crippen LogP contribution in [0, 0.1) is 0 Å². The molecule has 0 aromatic heterocycles. The standard InChI is InChI=1S/C29H23AsBr.BrH/c31-29-24(21-20-23-12-10-11-19-28(23)29)22-30(25-13-4-1-5-14-25,26-15-6-2-7-16-26)27-17-8-3-9-18-27;/h1-21H,22H2;1H/q+1;/p-1. The molecule has 0 amide bonds. The Bertz CT molecular complexity index is 1210. The van der Waals surface area contributed by atoms with Gasteiger partial charge in [0.15, 0.2) is 0 Å². The Hall–Kier alpha value is -2.12. The van der Waals surface area contributed by atoms with Gasteiger partial charge in [-0.15, -0.1) is 0 Å². The number of fused-ring (bicyclic) bond motifs is 1. The third-order valence-electron chi connectivity index (χ3n) is 5.94. The average Bonchev–Trinajstić information content (AvgIpc) is 2.86. The summed E-state index contributed by atoms with van der Waals surface area (Å²) in [5, 5.41) is 3.58. The Labute approximate surface area is 211 Å². The summed E-state index contributed by atoms with van der Waals surface area (Å²) < 4.78 is 5.63. The number of benzene rings is 5. The van der Waals surface area contributed by atoms with Gasteiger partial charge >= 0.3 is 196 Å². The van der Waals surface area contributed by atoms with Crippen molar-refractivity contribution in [3.05, 3.63) is 137 Å². The second kappa shape index (κ2) is 10.2. The Morgan fingerprint density at radius 1 is 0.500 bits per heavy atom. The van der Waals surface area contributed by atoms with Crippen LogP contribution in [0.3, 0.4) is 0 Å². The third-order valence-corrected chi connectivity index (χ3v) is 16.0. The van der Waals surface area contributed by atoms with Gasteiger partial charge in [0.05, 0.1) is 0 Å². The largest absolute Gasteiger partial charge is 1.00 e. The van der Waals surface area contributed by atoms with Crippen LogP contribution in [-0.2, 0) is 5.21 Å². The van der Waals surface area contributed by atoms with Gasteiger partial charge in [-0.05, 0) is 0 Å². The van der Waals surface area contributed by atoms with Crippen LogP contribution in [0.4, 0.5) is 0 Å². The molecule has 0 saturated heterocycles. The van der Waals surface area contributed by atoms with E-state index in [9.17, 15) is 0 Å². The molecule has 0 fully saturated rings. The van der Waals surface area contributed by atoms with Crippen molar-refractivity contribution in [1.82, 2.24) is 0 Å². The van der Waals surface area contributed by atoms with Gasteiger partial charge in [-0.25, -0.2) is 0 Å². The third kappa shape index (κ3) is 4.25. The Kier molecular flexibility index (Phi) is 7.36. The molecule has 0 radical (unpaired) electrons. The predicted octanol–water partition coefficient (Wildman–Crippen LogP) is 2.86. The van der Waals surface area contributed by atoms with Crippen molar-refractivity contribution in [2.75, 3.05) is 0 Å². The van der Waals surface area contributed by atoms with Crippen molar-refractivity contribution < 1.29 is 17.0 Å². The molecule has 0 aliphatic carbocycles. The summed E-state index contributed by atoms with van der Waals surface area (Å²) in [5.41, 5.74) is 1.38. The number of rotatable bonds is 5. The van der Waals surface area contributed by atoms with E-state index in [4.69, 9.17) is 0 Å². The summed E-state index contributed by atoms with van der Waals surface area (Å²) >= 11 is 1.19. The van der Waals surface area contributed by atoms with Crippen molar-refractivity contribution in [2.24, 2.45) is 0 Å². The molecule has 0 atom stereocenters. The summed E-state index contributed by atoms with van der Waals surface area (Å²) in [6, 6.07) is 46.7. The van der Waals surface area contributed by atoms with Crippen LogP contribution >= 0.6 is 15.9 Å². The minimum absolute atomic E-state index is 0. The summed E-state index contributed by atoms with van der Waals surface area (Å²) in [6.07, 6.45) is 0. The molecule has 5 aromatic carbocycles. The molecule has 0 nitrogen and oxygen atoms in total. The fourth-order valence-corrected chi connectivity index (χ4v) is 14.5. The zero-order chi connectivity index (χ0) is 21.1. The van der Waals surface area contributed by atoms with E-state index in [1.165, 1.54) is 33.9 Å². The topological polar surface area (TPSA) is 0 Å². The van der Waals surface area contributed by atoms with E-state index in [-0.39, 0.29) is 17.0 Å². The second-order valence-electron chi connectivity index (χ2n) is 7.73. The molecular weight excluding hydrogens is 583 g/mol. The van der Waals surface area contributed by atoms with E-state index in [1.807, 2.05) is 0 Å². The van der Waals surface area contributed by atoms with Crippen LogP contribution in [0.1, 0.15) is 5.56 Å². The summed E-state index contributed by atoms with van der Waals surface area (Å²) in [6.45, 7) is 0. The van der Waals surface area contributed by atoms with Gasteiger partial charge in [-0.2, -0.15) is 0 Å². The molecule has 0 aliphatic rings. The first-order valence-corrected chi connectivity index (χ1v) is 15.4. The molecule has 32 heavy (non-hydrogen) atoms. The molecule has 0 bridgehead atoms. The number of halogens is 2. The van der Waals surface area contributed by atoms with Crippen LogP contribution in [0.25, 0.3) is 10.8 Å². The van der Waals surface area contributed by atoms with Crippen molar-refractivity contribution >= 4 is 53.3 Å². The molecule has 0 aliphatic heterocycles. The minimum atomic E-state index is -2.79. The molecule has 0 saturated carbocycles. The van der Waals surface area contributed by atoms with Crippen molar-refractivity contribution in [2.45, 2.75) is 5.21 Å². The van der Waals surface area contributed by atoms with Crippen molar-refractivity contribution in [1.29, 1.82) is 0 Å². The van der Waals surface area contributed by atoms with Gasteiger partial charge in [-0.3, -0.25) is 0 Å². The average molecular weight is 606 g/mol. The van der Waals surface area contributed by atoms with Gasteiger partial charge < -0.3 is 17.0 Å². The number of hydrogen-bond acceptors (Lipinski definition) is 0. The molecule has 0 heterocycles. The second-order valence-corrected chi connectivity index (χ2v) is 15.8. The zero-order valence-corrected chi connectivity index (χ0v) is 22.6. The molecule has 5 aromatic rings. The molecule has 0 N–H and O–H groups in total. The van der Waals surface area contributed by atoms with E-state index in [0.717, 1.165) is 5.21 Å². The smallest absolute Gasteiger partial charge is 1.00 e. The molecular formula is C29H23AsBr2. The molecule has 3 heteroatoms. The van der Waals surface area contributed by atoms with Gasteiger partial charge in [0, 0.05) is 0 Å². The zero-order valence-electron chi connectivity index (χ0n) is 17.5. The molecule has 0 unspecified atom stereocenters. The van der Waals surface area contributed by atoms with E-state index in [1.54, 1.807) is 0 Å². The number of hydrogen-bond donors (Lipinski definition) is 0. The fraction of sp³-hybridized carbons (Fsp3) is 0.0345. The van der Waals surface area contributed by atoms with Gasteiger partial charge in [-0.1, -0.05) is 0 Å². The summed E-state index contributed by atoms with van der Waals surface area (Å²) in [5.74, 6) is 0. The van der Waals surface area contributed by atoms with E-state index in [0.29, 0.717) is 0 Å².